The highest BCUT2D eigenvalue weighted by Crippen LogP contribution is 2.31. The number of aliphatic hydroxyl groups is 1. The van der Waals surface area contributed by atoms with Crippen LogP contribution in [0.2, 0.25) is 0 Å². The van der Waals surface area contributed by atoms with Crippen LogP contribution in [0.3, 0.4) is 0 Å². The highest BCUT2D eigenvalue weighted by atomic mass is 16.6. The Labute approximate surface area is 328 Å². The SMILES string of the molecule is CCCCCCN(CCCCCC)N=CC1=C2NC(=O)C(C)=CC=CC(OC)C(OC(N)=O)C(C)=CC(C)C(O)C(OC)CC(C)CC(=C(OC)C1=O)C2=O. The molecule has 1 aliphatic carbocycles. The topological polar surface area (TPSA) is 179 Å². The summed E-state index contributed by atoms with van der Waals surface area (Å²) in [5, 5.41) is 20.8. The third-order valence-electron chi connectivity index (χ3n) is 10.0. The van der Waals surface area contributed by atoms with Crippen molar-refractivity contribution in [1.82, 2.24) is 10.3 Å². The molecule has 0 aromatic carbocycles. The molecule has 6 unspecified atom stereocenters. The van der Waals surface area contributed by atoms with Crippen LogP contribution in [-0.2, 0) is 33.3 Å². The van der Waals surface area contributed by atoms with Crippen LogP contribution in [0.25, 0.3) is 0 Å². The molecule has 2 bridgehead atoms. The summed E-state index contributed by atoms with van der Waals surface area (Å²) in [7, 11) is 4.28. The first-order chi connectivity index (χ1) is 26.2. The maximum absolute atomic E-state index is 14.4. The summed E-state index contributed by atoms with van der Waals surface area (Å²) in [6, 6.07) is 0. The van der Waals surface area contributed by atoms with Crippen molar-refractivity contribution in [2.75, 3.05) is 34.4 Å². The minimum atomic E-state index is -1.01. The third-order valence-corrected chi connectivity index (χ3v) is 10.0. The van der Waals surface area contributed by atoms with Crippen molar-refractivity contribution in [2.45, 2.75) is 130 Å². The highest BCUT2D eigenvalue weighted by molar-refractivity contribution is 6.32. The molecule has 13 heteroatoms. The fourth-order valence-corrected chi connectivity index (χ4v) is 6.80. The van der Waals surface area contributed by atoms with Gasteiger partial charge in [-0.15, -0.1) is 0 Å². The normalized spacial score (nSPS) is 24.9. The van der Waals surface area contributed by atoms with Crippen molar-refractivity contribution < 1.29 is 43.2 Å². The number of rotatable bonds is 16. The van der Waals surface area contributed by atoms with E-state index in [2.05, 4.69) is 19.2 Å². The summed E-state index contributed by atoms with van der Waals surface area (Å²) in [6.45, 7) is 12.7. The number of allylic oxidation sites excluding steroid dienone is 4. The number of amides is 2. The summed E-state index contributed by atoms with van der Waals surface area (Å²) in [6.07, 6.45) is 12.2. The lowest BCUT2D eigenvalue weighted by atomic mass is 9.84. The Balaban J connectivity index is 2.73. The van der Waals surface area contributed by atoms with Crippen LogP contribution in [0.5, 0.6) is 0 Å². The molecule has 2 amide bonds. The van der Waals surface area contributed by atoms with E-state index in [1.54, 1.807) is 32.1 Å². The number of primary amides is 1. The largest absolute Gasteiger partial charge is 0.492 e. The molecule has 2 aliphatic rings. The lowest BCUT2D eigenvalue weighted by Gasteiger charge is -2.30. The zero-order valence-electron chi connectivity index (χ0n) is 34.5. The number of fused-ring (bicyclic) bond motifs is 2. The molecule has 1 aliphatic heterocycles. The number of hydrogen-bond acceptors (Lipinski definition) is 11. The van der Waals surface area contributed by atoms with Gasteiger partial charge >= 0.3 is 6.09 Å². The molecule has 0 spiro atoms. The van der Waals surface area contributed by atoms with Crippen LogP contribution in [-0.4, -0.2) is 98.7 Å². The molecule has 1 heterocycles. The molecule has 2 rings (SSSR count). The summed E-state index contributed by atoms with van der Waals surface area (Å²) in [4.78, 5) is 54.2. The molecule has 0 saturated carbocycles. The minimum Gasteiger partial charge on any atom is -0.492 e. The van der Waals surface area contributed by atoms with Crippen LogP contribution in [0.15, 0.2) is 63.2 Å². The van der Waals surface area contributed by atoms with Gasteiger partial charge in [-0.3, -0.25) is 19.4 Å². The number of nitrogens with two attached hydrogens (primary N) is 1. The number of ether oxygens (including phenoxy) is 4. The average Bonchev–Trinajstić information content (AvgIpc) is 3.15. The quantitative estimate of drug-likeness (QED) is 0.0536. The Kier molecular flexibility index (Phi) is 20.9. The molecule has 13 nitrogen and oxygen atoms in total. The number of nitrogens with zero attached hydrogens (tertiary/aromatic N) is 2. The number of carbonyl (C=O) groups excluding carboxylic acids is 4. The van der Waals surface area contributed by atoms with E-state index in [1.807, 2.05) is 18.9 Å². The van der Waals surface area contributed by atoms with Gasteiger partial charge in [-0.1, -0.05) is 90.5 Å². The second-order valence-corrected chi connectivity index (χ2v) is 14.6. The molecule has 0 saturated heterocycles. The second kappa shape index (κ2) is 24.4. The van der Waals surface area contributed by atoms with E-state index >= 15 is 0 Å². The molecule has 308 valence electrons. The number of unbranched alkanes of at least 4 members (excludes halogenated alkanes) is 6. The predicted molar refractivity (Wildman–Crippen MR) is 214 cm³/mol. The Hall–Kier alpha value is -4.07. The van der Waals surface area contributed by atoms with Crippen molar-refractivity contribution in [3.8, 4) is 0 Å². The van der Waals surface area contributed by atoms with Gasteiger partial charge in [-0.25, -0.2) is 4.79 Å². The Bertz CT molecular complexity index is 1480. The third kappa shape index (κ3) is 14.5. The van der Waals surface area contributed by atoms with Gasteiger partial charge in [-0.2, -0.15) is 5.10 Å². The van der Waals surface area contributed by atoms with E-state index < -0.39 is 53.9 Å². The van der Waals surface area contributed by atoms with Crippen LogP contribution in [0.1, 0.15) is 106 Å². The van der Waals surface area contributed by atoms with Crippen LogP contribution in [0, 0.1) is 11.8 Å². The Morgan fingerprint density at radius 2 is 1.62 bits per heavy atom. The van der Waals surface area contributed by atoms with E-state index in [9.17, 15) is 24.3 Å². The Morgan fingerprint density at radius 1 is 0.982 bits per heavy atom. The number of nitrogens with one attached hydrogen (secondary N) is 1. The first kappa shape index (κ1) is 47.1. The van der Waals surface area contributed by atoms with E-state index in [-0.39, 0.29) is 40.5 Å². The summed E-state index contributed by atoms with van der Waals surface area (Å²) < 4.78 is 22.4. The number of hydrogen-bond donors (Lipinski definition) is 3. The van der Waals surface area contributed by atoms with E-state index in [0.29, 0.717) is 25.1 Å². The van der Waals surface area contributed by atoms with Crippen molar-refractivity contribution in [1.29, 1.82) is 0 Å². The van der Waals surface area contributed by atoms with Gasteiger partial charge in [-0.05, 0) is 51.0 Å². The fraction of sp³-hybridized carbons (Fsp3) is 0.643. The Morgan fingerprint density at radius 3 is 2.16 bits per heavy atom. The van der Waals surface area contributed by atoms with Gasteiger partial charge in [0.2, 0.25) is 11.6 Å². The fourth-order valence-electron chi connectivity index (χ4n) is 6.80. The lowest BCUT2D eigenvalue weighted by molar-refractivity contribution is -0.121. The van der Waals surface area contributed by atoms with Gasteiger partial charge < -0.3 is 35.1 Å². The monoisotopic (exact) mass is 770 g/mol. The molecular formula is C42H66N4O9. The zero-order valence-corrected chi connectivity index (χ0v) is 34.5. The molecule has 55 heavy (non-hydrogen) atoms. The predicted octanol–water partition coefficient (Wildman–Crippen LogP) is 6.23. The first-order valence-electron chi connectivity index (χ1n) is 19.7. The number of ketones is 2. The second-order valence-electron chi connectivity index (χ2n) is 14.6. The van der Waals surface area contributed by atoms with Crippen molar-refractivity contribution >= 4 is 29.8 Å². The first-order valence-corrected chi connectivity index (χ1v) is 19.7. The zero-order chi connectivity index (χ0) is 41.1. The summed E-state index contributed by atoms with van der Waals surface area (Å²) >= 11 is 0. The molecule has 4 N–H and O–H groups in total. The minimum absolute atomic E-state index is 0.0700. The van der Waals surface area contributed by atoms with Crippen LogP contribution < -0.4 is 11.1 Å². The van der Waals surface area contributed by atoms with Crippen molar-refractivity contribution in [3.63, 3.8) is 0 Å². The molecule has 0 radical (unpaired) electrons. The van der Waals surface area contributed by atoms with Gasteiger partial charge in [0.1, 0.15) is 11.8 Å². The maximum Gasteiger partial charge on any atom is 0.405 e. The molecular weight excluding hydrogens is 704 g/mol. The number of Topliss-reactive ketones (excluding diaryl/α,β-unsaturated/α-hetero) is 2. The van der Waals surface area contributed by atoms with E-state index in [0.717, 1.165) is 51.4 Å². The van der Waals surface area contributed by atoms with Crippen molar-refractivity contribution in [2.24, 2.45) is 22.7 Å². The molecule has 6 atom stereocenters. The lowest BCUT2D eigenvalue weighted by Crippen LogP contribution is -2.38. The van der Waals surface area contributed by atoms with Gasteiger partial charge in [0.25, 0.3) is 5.91 Å². The maximum atomic E-state index is 14.4. The number of methoxy groups -OCH3 is 3. The smallest absolute Gasteiger partial charge is 0.405 e. The average molecular weight is 771 g/mol. The number of hydrazone groups is 1. The number of aliphatic hydroxyl groups excluding tert-OH is 1. The van der Waals surface area contributed by atoms with Crippen molar-refractivity contribution in [3.05, 3.63) is 58.1 Å². The standard InChI is InChI=1S/C42H66N4O9/c1-10-12-14-16-21-46(22-17-15-13-11-2)44-26-32-35-37(48)31(40(54-9)38(32)49)23-27(3)24-34(53-8)36(47)29(5)25-30(6)39(55-42(43)51)33(52-7)20-18-19-28(4)41(50)45-35/h18-20,25-27,29,33-34,36,39,47H,10-17,21-24H2,1-9H3,(H2,43,51)(H,45,50). The van der Waals surface area contributed by atoms with Gasteiger partial charge in [0.05, 0.1) is 31.1 Å². The molecule has 0 aromatic heterocycles. The van der Waals surface area contributed by atoms with Gasteiger partial charge in [0, 0.05) is 44.4 Å². The highest BCUT2D eigenvalue weighted by Gasteiger charge is 2.38. The summed E-state index contributed by atoms with van der Waals surface area (Å²) in [5.41, 5.74) is 6.08. The summed E-state index contributed by atoms with van der Waals surface area (Å²) in [5.74, 6) is -2.58. The van der Waals surface area contributed by atoms with Crippen LogP contribution >= 0.6 is 0 Å². The van der Waals surface area contributed by atoms with Gasteiger partial charge in [0.15, 0.2) is 11.9 Å². The van der Waals surface area contributed by atoms with Crippen LogP contribution in [0.4, 0.5) is 4.79 Å². The van der Waals surface area contributed by atoms with E-state index in [4.69, 9.17) is 29.8 Å². The number of carbonyl (C=O) groups is 4. The molecule has 0 fully saturated rings. The van der Waals surface area contributed by atoms with E-state index in [1.165, 1.54) is 33.6 Å². The molecule has 0 aromatic rings.